The normalized spacial score (nSPS) is 10.9. The van der Waals surface area contributed by atoms with Crippen LogP contribution in [0.25, 0.3) is 0 Å². The first kappa shape index (κ1) is 21.0. The van der Waals surface area contributed by atoms with E-state index in [-0.39, 0.29) is 40.2 Å². The second kappa shape index (κ2) is 8.58. The molecule has 0 saturated carbocycles. The molecule has 0 unspecified atom stereocenters. The number of nitrogen functional groups attached to an aromatic ring is 1. The van der Waals surface area contributed by atoms with Crippen LogP contribution in [0.5, 0.6) is 0 Å². The number of nitrogens with zero attached hydrogens (tertiary/aromatic N) is 2. The molecule has 146 valence electrons. The van der Waals surface area contributed by atoms with Crippen LogP contribution in [0.15, 0.2) is 21.7 Å². The van der Waals surface area contributed by atoms with Crippen LogP contribution in [-0.2, 0) is 6.54 Å². The summed E-state index contributed by atoms with van der Waals surface area (Å²) < 4.78 is 15.0. The first-order valence-electron chi connectivity index (χ1n) is 8.31. The van der Waals surface area contributed by atoms with Crippen LogP contribution in [-0.4, -0.2) is 22.0 Å². The van der Waals surface area contributed by atoms with Crippen LogP contribution in [0.1, 0.15) is 37.0 Å². The summed E-state index contributed by atoms with van der Waals surface area (Å²) in [6.07, 6.45) is 1.46. The maximum absolute atomic E-state index is 13.8. The number of amides is 1. The number of halogens is 3. The van der Waals surface area contributed by atoms with Crippen molar-refractivity contribution in [2.45, 2.75) is 33.2 Å². The first-order chi connectivity index (χ1) is 12.7. The van der Waals surface area contributed by atoms with Crippen LogP contribution in [0.3, 0.4) is 0 Å². The predicted molar refractivity (Wildman–Crippen MR) is 104 cm³/mol. The van der Waals surface area contributed by atoms with Gasteiger partial charge in [0, 0.05) is 13.1 Å². The molecule has 1 aromatic heterocycles. The van der Waals surface area contributed by atoms with E-state index in [0.717, 1.165) is 23.5 Å². The van der Waals surface area contributed by atoms with E-state index in [4.69, 9.17) is 28.9 Å². The van der Waals surface area contributed by atoms with Crippen molar-refractivity contribution in [3.63, 3.8) is 0 Å². The molecule has 1 aromatic carbocycles. The van der Waals surface area contributed by atoms with Gasteiger partial charge in [-0.3, -0.25) is 19.1 Å². The maximum Gasteiger partial charge on any atom is 0.330 e. The lowest BCUT2D eigenvalue weighted by Gasteiger charge is -2.23. The Bertz CT molecular complexity index is 987. The van der Waals surface area contributed by atoms with E-state index in [1.807, 2.05) is 6.92 Å². The van der Waals surface area contributed by atoms with Gasteiger partial charge >= 0.3 is 5.69 Å². The number of hydrogen-bond acceptors (Lipinski definition) is 4. The third kappa shape index (κ3) is 4.17. The highest BCUT2D eigenvalue weighted by atomic mass is 35.5. The van der Waals surface area contributed by atoms with Gasteiger partial charge in [-0.05, 0) is 25.5 Å². The van der Waals surface area contributed by atoms with Gasteiger partial charge in [-0.15, -0.1) is 0 Å². The predicted octanol–water partition coefficient (Wildman–Crippen LogP) is 3.03. The lowest BCUT2D eigenvalue weighted by atomic mass is 10.1. The average molecular weight is 417 g/mol. The molecule has 0 aliphatic carbocycles. The number of aromatic amines is 1. The summed E-state index contributed by atoms with van der Waals surface area (Å²) in [4.78, 5) is 40.5. The molecule has 3 N–H and O–H groups in total. The Morgan fingerprint density at radius 2 is 1.93 bits per heavy atom. The number of anilines is 2. The van der Waals surface area contributed by atoms with Crippen LogP contribution in [0.4, 0.5) is 15.9 Å². The third-order valence-corrected chi connectivity index (χ3v) is 4.62. The molecule has 10 heteroatoms. The van der Waals surface area contributed by atoms with Gasteiger partial charge in [0.15, 0.2) is 5.69 Å². The van der Waals surface area contributed by atoms with Crippen LogP contribution in [0.2, 0.25) is 10.0 Å². The van der Waals surface area contributed by atoms with Crippen molar-refractivity contribution >= 4 is 40.6 Å². The number of rotatable bonds is 6. The SMILES string of the molecule is CCCCn1c(N)c(N(CC)C(=O)c2cc(F)c(Cl)cc2Cl)c(=O)[nH]c1=O. The lowest BCUT2D eigenvalue weighted by molar-refractivity contribution is 0.0987. The maximum atomic E-state index is 13.8. The smallest absolute Gasteiger partial charge is 0.330 e. The molecule has 2 rings (SSSR count). The summed E-state index contributed by atoms with van der Waals surface area (Å²) >= 11 is 11.7. The van der Waals surface area contributed by atoms with Gasteiger partial charge in [-0.2, -0.15) is 0 Å². The number of unbranched alkanes of at least 4 members (excludes halogenated alkanes) is 1. The fourth-order valence-corrected chi connectivity index (χ4v) is 3.08. The van der Waals surface area contributed by atoms with Gasteiger partial charge in [0.05, 0.1) is 15.6 Å². The molecule has 0 atom stereocenters. The minimum atomic E-state index is -0.824. The second-order valence-corrected chi connectivity index (χ2v) is 6.61. The van der Waals surface area contributed by atoms with Gasteiger partial charge in [-0.25, -0.2) is 9.18 Å². The van der Waals surface area contributed by atoms with E-state index in [2.05, 4.69) is 4.98 Å². The molecule has 0 radical (unpaired) electrons. The van der Waals surface area contributed by atoms with E-state index in [1.54, 1.807) is 6.92 Å². The Hall–Kier alpha value is -2.32. The van der Waals surface area contributed by atoms with Crippen LogP contribution in [0, 0.1) is 5.82 Å². The van der Waals surface area contributed by atoms with Crippen molar-refractivity contribution in [3.8, 4) is 0 Å². The molecular formula is C17H19Cl2FN4O3. The van der Waals surface area contributed by atoms with Crippen molar-refractivity contribution in [2.24, 2.45) is 0 Å². The number of nitrogens with one attached hydrogen (secondary N) is 1. The van der Waals surface area contributed by atoms with Gasteiger partial charge in [0.2, 0.25) is 0 Å². The zero-order valence-corrected chi connectivity index (χ0v) is 16.3. The van der Waals surface area contributed by atoms with Crippen LogP contribution < -0.4 is 21.9 Å². The highest BCUT2D eigenvalue weighted by molar-refractivity contribution is 6.37. The largest absolute Gasteiger partial charge is 0.383 e. The Kier molecular flexibility index (Phi) is 6.67. The quantitative estimate of drug-likeness (QED) is 0.706. The standard InChI is InChI=1S/C17H19Cl2FN4O3/c1-3-5-6-24-14(21)13(15(25)22-17(24)27)23(4-2)16(26)9-7-12(20)11(19)8-10(9)18/h7-8H,3-6,21H2,1-2H3,(H,22,25,27). The number of carbonyl (C=O) groups excluding carboxylic acids is 1. The van der Waals surface area contributed by atoms with Crippen molar-refractivity contribution in [2.75, 3.05) is 17.2 Å². The number of hydrogen-bond donors (Lipinski definition) is 2. The molecule has 27 heavy (non-hydrogen) atoms. The summed E-state index contributed by atoms with van der Waals surface area (Å²) in [6.45, 7) is 3.87. The highest BCUT2D eigenvalue weighted by Gasteiger charge is 2.26. The third-order valence-electron chi connectivity index (χ3n) is 4.02. The van der Waals surface area contributed by atoms with Crippen molar-refractivity contribution < 1.29 is 9.18 Å². The molecule has 2 aromatic rings. The van der Waals surface area contributed by atoms with Crippen molar-refractivity contribution in [1.29, 1.82) is 0 Å². The summed E-state index contributed by atoms with van der Waals surface area (Å²) in [5.74, 6) is -1.70. The molecule has 0 aliphatic rings. The number of nitrogens with two attached hydrogens (primary N) is 1. The molecule has 0 spiro atoms. The molecule has 7 nitrogen and oxygen atoms in total. The summed E-state index contributed by atoms with van der Waals surface area (Å²) in [7, 11) is 0. The minimum absolute atomic E-state index is 0.0403. The molecule has 0 bridgehead atoms. The van der Waals surface area contributed by atoms with E-state index < -0.39 is 23.0 Å². The molecular weight excluding hydrogens is 398 g/mol. The fraction of sp³-hybridized carbons (Fsp3) is 0.353. The van der Waals surface area contributed by atoms with Crippen molar-refractivity contribution in [1.82, 2.24) is 9.55 Å². The van der Waals surface area contributed by atoms with Crippen molar-refractivity contribution in [3.05, 3.63) is 54.4 Å². The monoisotopic (exact) mass is 416 g/mol. The van der Waals surface area contributed by atoms with E-state index in [1.165, 1.54) is 4.57 Å². The van der Waals surface area contributed by atoms with E-state index >= 15 is 0 Å². The Morgan fingerprint density at radius 3 is 2.52 bits per heavy atom. The van der Waals surface area contributed by atoms with E-state index in [0.29, 0.717) is 6.42 Å². The number of H-pyrrole nitrogens is 1. The molecule has 0 fully saturated rings. The number of carbonyl (C=O) groups is 1. The zero-order valence-electron chi connectivity index (χ0n) is 14.8. The second-order valence-electron chi connectivity index (χ2n) is 5.79. The Morgan fingerprint density at radius 1 is 1.26 bits per heavy atom. The van der Waals surface area contributed by atoms with Crippen LogP contribution >= 0.6 is 23.2 Å². The molecule has 0 aliphatic heterocycles. The molecule has 1 amide bonds. The zero-order chi connectivity index (χ0) is 20.3. The number of benzene rings is 1. The summed E-state index contributed by atoms with van der Waals surface area (Å²) in [5, 5.41) is -0.302. The average Bonchev–Trinajstić information content (AvgIpc) is 2.61. The molecule has 1 heterocycles. The fourth-order valence-electron chi connectivity index (χ4n) is 2.61. The molecule has 0 saturated heterocycles. The highest BCUT2D eigenvalue weighted by Crippen LogP contribution is 2.27. The lowest BCUT2D eigenvalue weighted by Crippen LogP contribution is -2.41. The van der Waals surface area contributed by atoms with Gasteiger partial charge in [0.1, 0.15) is 11.6 Å². The van der Waals surface area contributed by atoms with Gasteiger partial charge in [0.25, 0.3) is 11.5 Å². The summed E-state index contributed by atoms with van der Waals surface area (Å²) in [6, 6.07) is 2.00. The van der Waals surface area contributed by atoms with E-state index in [9.17, 15) is 18.8 Å². The summed E-state index contributed by atoms with van der Waals surface area (Å²) in [5.41, 5.74) is 4.19. The Balaban J connectivity index is 2.61. The minimum Gasteiger partial charge on any atom is -0.383 e. The number of aromatic nitrogens is 2. The topological polar surface area (TPSA) is 101 Å². The Labute approximate surface area is 164 Å². The first-order valence-corrected chi connectivity index (χ1v) is 9.07. The van der Waals surface area contributed by atoms with Gasteiger partial charge < -0.3 is 10.6 Å². The van der Waals surface area contributed by atoms with Gasteiger partial charge in [-0.1, -0.05) is 36.5 Å².